The molecule has 2 rings (SSSR count). The Balaban J connectivity index is 2.56. The number of nitrogens with zero attached hydrogens (tertiary/aromatic N) is 1. The molecule has 0 fully saturated rings. The fraction of sp³-hybridized carbons (Fsp3) is 0.500. The van der Waals surface area contributed by atoms with Gasteiger partial charge in [-0.1, -0.05) is 18.2 Å². The molecule has 0 atom stereocenters. The molecular weight excluding hydrogens is 220 g/mol. The van der Waals surface area contributed by atoms with Crippen LogP contribution >= 0.6 is 0 Å². The van der Waals surface area contributed by atoms with E-state index < -0.39 is 12.9 Å². The second-order valence-electron chi connectivity index (χ2n) is 5.08. The first-order valence-corrected chi connectivity index (χ1v) is 6.45. The summed E-state index contributed by atoms with van der Waals surface area (Å²) in [5.41, 5.74) is 1.18. The maximum Gasteiger partial charge on any atom is 0.0456 e. The number of rotatable bonds is 5. The molecule has 0 saturated heterocycles. The second kappa shape index (κ2) is 5.57. The summed E-state index contributed by atoms with van der Waals surface area (Å²) in [7, 11) is 0. The highest BCUT2D eigenvalue weighted by atomic mass is 15.2. The molecule has 1 N–H and O–H groups in total. The number of fused-ring (bicyclic) bond motifs is 1. The van der Waals surface area contributed by atoms with Crippen LogP contribution in [0.3, 0.4) is 0 Å². The SMILES string of the molecule is [2H]C([2H])(c1c[nH]c2ccccc12)C([2H])([2H])N(C(C)C)C(C)C. The minimum absolute atomic E-state index is 0.102. The highest BCUT2D eigenvalue weighted by molar-refractivity contribution is 5.83. The number of H-pyrrole nitrogens is 1. The van der Waals surface area contributed by atoms with Crippen LogP contribution in [0.25, 0.3) is 10.9 Å². The van der Waals surface area contributed by atoms with Crippen molar-refractivity contribution in [2.75, 3.05) is 6.50 Å². The molecule has 0 saturated carbocycles. The third-order valence-corrected chi connectivity index (χ3v) is 3.02. The Bertz CT molecular complexity index is 638. The topological polar surface area (TPSA) is 19.0 Å². The van der Waals surface area contributed by atoms with Crippen molar-refractivity contribution in [3.05, 3.63) is 36.0 Å². The van der Waals surface area contributed by atoms with Crippen LogP contribution in [0, 0.1) is 0 Å². The largest absolute Gasteiger partial charge is 0.361 e. The van der Waals surface area contributed by atoms with Crippen LogP contribution in [-0.2, 0) is 6.37 Å². The van der Waals surface area contributed by atoms with Gasteiger partial charge in [0, 0.05) is 41.2 Å². The minimum Gasteiger partial charge on any atom is -0.361 e. The molecule has 0 aliphatic rings. The van der Waals surface area contributed by atoms with E-state index in [1.807, 2.05) is 52.0 Å². The zero-order valence-corrected chi connectivity index (χ0v) is 11.5. The fourth-order valence-corrected chi connectivity index (χ4v) is 2.15. The van der Waals surface area contributed by atoms with Gasteiger partial charge in [0.1, 0.15) is 0 Å². The van der Waals surface area contributed by atoms with E-state index in [0.717, 1.165) is 10.9 Å². The molecule has 0 spiro atoms. The van der Waals surface area contributed by atoms with Crippen molar-refractivity contribution in [1.29, 1.82) is 0 Å². The number of benzene rings is 1. The van der Waals surface area contributed by atoms with E-state index >= 15 is 0 Å². The lowest BCUT2D eigenvalue weighted by Gasteiger charge is -2.30. The van der Waals surface area contributed by atoms with Crippen LogP contribution in [0.1, 0.15) is 38.7 Å². The minimum atomic E-state index is -2.14. The summed E-state index contributed by atoms with van der Waals surface area (Å²) < 4.78 is 34.0. The summed E-state index contributed by atoms with van der Waals surface area (Å²) in [6.07, 6.45) is -0.553. The van der Waals surface area contributed by atoms with Crippen LogP contribution in [0.2, 0.25) is 0 Å². The van der Waals surface area contributed by atoms with Crippen LogP contribution < -0.4 is 0 Å². The Morgan fingerprint density at radius 1 is 1.17 bits per heavy atom. The standard InChI is InChI=1S/C16H24N2/c1-12(2)18(13(3)4)10-9-14-11-17-16-8-6-5-7-15(14)16/h5-8,11-13,17H,9-10H2,1-4H3/i9D2,10D2. The Labute approximate surface area is 116 Å². The van der Waals surface area contributed by atoms with E-state index in [0.29, 0.717) is 5.56 Å². The van der Waals surface area contributed by atoms with Crippen molar-refractivity contribution < 1.29 is 5.48 Å². The van der Waals surface area contributed by atoms with Crippen molar-refractivity contribution in [3.63, 3.8) is 0 Å². The number of nitrogens with one attached hydrogen (secondary N) is 1. The zero-order chi connectivity index (χ0) is 16.7. The average molecular weight is 248 g/mol. The van der Waals surface area contributed by atoms with Crippen molar-refractivity contribution in [2.45, 2.75) is 46.2 Å². The monoisotopic (exact) mass is 248 g/mol. The summed E-state index contributed by atoms with van der Waals surface area (Å²) in [5.74, 6) is 0. The summed E-state index contributed by atoms with van der Waals surface area (Å²) >= 11 is 0. The van der Waals surface area contributed by atoms with Gasteiger partial charge in [-0.2, -0.15) is 0 Å². The molecule has 1 heterocycles. The maximum atomic E-state index is 8.52. The molecule has 2 heteroatoms. The smallest absolute Gasteiger partial charge is 0.0456 e. The van der Waals surface area contributed by atoms with E-state index in [1.165, 1.54) is 0 Å². The van der Waals surface area contributed by atoms with E-state index in [-0.39, 0.29) is 12.1 Å². The molecule has 2 nitrogen and oxygen atoms in total. The average Bonchev–Trinajstić information content (AvgIpc) is 2.81. The number of hydrogen-bond acceptors (Lipinski definition) is 1. The first-order valence-electron chi connectivity index (χ1n) is 8.45. The van der Waals surface area contributed by atoms with Gasteiger partial charge >= 0.3 is 0 Å². The number of aryl methyl sites for hydroxylation is 1. The van der Waals surface area contributed by atoms with Gasteiger partial charge in [-0.3, -0.25) is 4.90 Å². The van der Waals surface area contributed by atoms with Gasteiger partial charge in [-0.25, -0.2) is 0 Å². The Morgan fingerprint density at radius 3 is 2.50 bits per heavy atom. The third kappa shape index (κ3) is 2.75. The van der Waals surface area contributed by atoms with Gasteiger partial charge in [-0.15, -0.1) is 0 Å². The second-order valence-corrected chi connectivity index (χ2v) is 5.08. The van der Waals surface area contributed by atoms with Crippen molar-refractivity contribution >= 4 is 10.9 Å². The number of aromatic nitrogens is 1. The molecule has 0 unspecified atom stereocenters. The van der Waals surface area contributed by atoms with Gasteiger partial charge in [-0.05, 0) is 45.7 Å². The first kappa shape index (κ1) is 8.76. The summed E-state index contributed by atoms with van der Waals surface area (Å²) in [4.78, 5) is 4.63. The van der Waals surface area contributed by atoms with Gasteiger partial charge in [0.2, 0.25) is 0 Å². The number of hydrogen-bond donors (Lipinski definition) is 1. The van der Waals surface area contributed by atoms with Crippen LogP contribution in [0.15, 0.2) is 30.5 Å². The lowest BCUT2D eigenvalue weighted by atomic mass is 10.1. The van der Waals surface area contributed by atoms with Gasteiger partial charge < -0.3 is 4.98 Å². The highest BCUT2D eigenvalue weighted by Gasteiger charge is 2.13. The maximum absolute atomic E-state index is 8.52. The Morgan fingerprint density at radius 2 is 1.83 bits per heavy atom. The molecule has 98 valence electrons. The molecule has 0 radical (unpaired) electrons. The van der Waals surface area contributed by atoms with Crippen molar-refractivity contribution in [1.82, 2.24) is 9.88 Å². The summed E-state index contributed by atoms with van der Waals surface area (Å²) in [6, 6.07) is 7.21. The molecule has 1 aromatic heterocycles. The van der Waals surface area contributed by atoms with Gasteiger partial charge in [0.25, 0.3) is 0 Å². The molecule has 0 amide bonds. The number of para-hydroxylation sites is 1. The van der Waals surface area contributed by atoms with Crippen LogP contribution in [-0.4, -0.2) is 28.5 Å². The predicted octanol–water partition coefficient (Wildman–Crippen LogP) is 3.83. The lowest BCUT2D eigenvalue weighted by Crippen LogP contribution is -2.38. The Hall–Kier alpha value is -1.28. The van der Waals surface area contributed by atoms with Crippen molar-refractivity contribution in [2.24, 2.45) is 0 Å². The van der Waals surface area contributed by atoms with E-state index in [4.69, 9.17) is 5.48 Å². The van der Waals surface area contributed by atoms with Gasteiger partial charge in [0.05, 0.1) is 0 Å². The predicted molar refractivity (Wildman–Crippen MR) is 79.0 cm³/mol. The van der Waals surface area contributed by atoms with Crippen molar-refractivity contribution in [3.8, 4) is 0 Å². The molecule has 0 bridgehead atoms. The van der Waals surface area contributed by atoms with E-state index in [9.17, 15) is 0 Å². The summed E-state index contributed by atoms with van der Waals surface area (Å²) in [5, 5.41) is 0.726. The quantitative estimate of drug-likeness (QED) is 0.852. The van der Waals surface area contributed by atoms with E-state index in [2.05, 4.69) is 4.98 Å². The van der Waals surface area contributed by atoms with Crippen LogP contribution in [0.4, 0.5) is 0 Å². The lowest BCUT2D eigenvalue weighted by molar-refractivity contribution is 0.177. The normalized spacial score (nSPS) is 17.1. The first-order chi connectivity index (χ1) is 10.1. The molecule has 0 aliphatic carbocycles. The molecular formula is C16H24N2. The fourth-order valence-electron chi connectivity index (χ4n) is 2.15. The van der Waals surface area contributed by atoms with Gasteiger partial charge in [0.15, 0.2) is 0 Å². The third-order valence-electron chi connectivity index (χ3n) is 3.02. The molecule has 18 heavy (non-hydrogen) atoms. The zero-order valence-electron chi connectivity index (χ0n) is 15.5. The number of aromatic amines is 1. The molecule has 0 aliphatic heterocycles. The molecule has 1 aromatic carbocycles. The molecule has 2 aromatic rings. The highest BCUT2D eigenvalue weighted by Crippen LogP contribution is 2.19. The van der Waals surface area contributed by atoms with Crippen LogP contribution in [0.5, 0.6) is 0 Å². The Kier molecular flexibility index (Phi) is 2.71. The summed E-state index contributed by atoms with van der Waals surface area (Å²) in [6.45, 7) is 5.44. The van der Waals surface area contributed by atoms with E-state index in [1.54, 1.807) is 11.1 Å².